The topological polar surface area (TPSA) is 62.7 Å². The number of phenolic OH excluding ortho intramolecular Hbond substituents is 1. The van der Waals surface area contributed by atoms with Gasteiger partial charge < -0.3 is 14.7 Å². The van der Waals surface area contributed by atoms with Crippen LogP contribution in [0.2, 0.25) is 5.02 Å². The van der Waals surface area contributed by atoms with Crippen LogP contribution in [0.3, 0.4) is 0 Å². The molecule has 0 saturated carbocycles. The molecular formula is C22H19ClN2O3. The molecule has 1 N–H and O–H groups in total. The highest BCUT2D eigenvalue weighted by atomic mass is 35.5. The highest BCUT2D eigenvalue weighted by molar-refractivity contribution is 6.30. The first-order chi connectivity index (χ1) is 13.6. The van der Waals surface area contributed by atoms with Crippen LogP contribution in [0.1, 0.15) is 11.1 Å². The van der Waals surface area contributed by atoms with Gasteiger partial charge in [-0.25, -0.2) is 0 Å². The number of hydrogen-bond acceptors (Lipinski definition) is 4. The van der Waals surface area contributed by atoms with Crippen LogP contribution < -0.4 is 4.74 Å². The minimum Gasteiger partial charge on any atom is -0.504 e. The third-order valence-corrected chi connectivity index (χ3v) is 4.94. The maximum atomic E-state index is 12.8. The second-order valence-corrected chi connectivity index (χ2v) is 7.13. The van der Waals surface area contributed by atoms with Crippen molar-refractivity contribution in [3.8, 4) is 22.6 Å². The molecule has 1 aliphatic rings. The second kappa shape index (κ2) is 7.90. The fourth-order valence-corrected chi connectivity index (χ4v) is 3.53. The number of aromatic nitrogens is 1. The Morgan fingerprint density at radius 2 is 2.07 bits per heavy atom. The molecule has 0 spiro atoms. The van der Waals surface area contributed by atoms with Crippen molar-refractivity contribution in [2.75, 3.05) is 13.2 Å². The van der Waals surface area contributed by atoms with Crippen LogP contribution in [0.4, 0.5) is 0 Å². The molecule has 2 heterocycles. The second-order valence-electron chi connectivity index (χ2n) is 6.70. The average Bonchev–Trinajstić information content (AvgIpc) is 2.92. The maximum Gasteiger partial charge on any atom is 0.227 e. The van der Waals surface area contributed by atoms with Crippen LogP contribution in [0.5, 0.6) is 11.5 Å². The number of pyridine rings is 1. The molecule has 0 aliphatic carbocycles. The monoisotopic (exact) mass is 394 g/mol. The summed E-state index contributed by atoms with van der Waals surface area (Å²) in [5, 5.41) is 11.1. The fraction of sp³-hybridized carbons (Fsp3) is 0.182. The molecule has 3 aromatic rings. The Balaban J connectivity index is 1.62. The lowest BCUT2D eigenvalue weighted by molar-refractivity contribution is -0.131. The molecule has 0 saturated heterocycles. The van der Waals surface area contributed by atoms with Crippen molar-refractivity contribution in [2.24, 2.45) is 0 Å². The first-order valence-electron chi connectivity index (χ1n) is 9.01. The van der Waals surface area contributed by atoms with Crippen LogP contribution in [0.15, 0.2) is 60.9 Å². The van der Waals surface area contributed by atoms with Crippen LogP contribution in [0, 0.1) is 0 Å². The number of phenols is 1. The van der Waals surface area contributed by atoms with Gasteiger partial charge in [-0.3, -0.25) is 9.78 Å². The van der Waals surface area contributed by atoms with Crippen molar-refractivity contribution in [1.29, 1.82) is 0 Å². The number of ether oxygens (including phenoxy) is 1. The predicted octanol–water partition coefficient (Wildman–Crippen LogP) is 4.07. The molecule has 0 unspecified atom stereocenters. The first-order valence-corrected chi connectivity index (χ1v) is 9.39. The largest absolute Gasteiger partial charge is 0.504 e. The number of nitrogens with zero attached hydrogens (tertiary/aromatic N) is 2. The molecule has 1 aliphatic heterocycles. The number of hydrogen-bond donors (Lipinski definition) is 1. The third kappa shape index (κ3) is 3.94. The molecule has 6 heteroatoms. The first kappa shape index (κ1) is 18.3. The maximum absolute atomic E-state index is 12.8. The molecular weight excluding hydrogens is 376 g/mol. The van der Waals surface area contributed by atoms with Gasteiger partial charge in [0.25, 0.3) is 0 Å². The van der Waals surface area contributed by atoms with Crippen LogP contribution in [0.25, 0.3) is 11.1 Å². The molecule has 1 amide bonds. The van der Waals surface area contributed by atoms with E-state index in [1.807, 2.05) is 36.4 Å². The predicted molar refractivity (Wildman–Crippen MR) is 107 cm³/mol. The molecule has 0 fully saturated rings. The smallest absolute Gasteiger partial charge is 0.227 e. The lowest BCUT2D eigenvalue weighted by Crippen LogP contribution is -2.33. The Labute approximate surface area is 168 Å². The van der Waals surface area contributed by atoms with Gasteiger partial charge in [0, 0.05) is 29.5 Å². The zero-order chi connectivity index (χ0) is 19.5. The van der Waals surface area contributed by atoms with Gasteiger partial charge in [0.2, 0.25) is 5.91 Å². The van der Waals surface area contributed by atoms with Crippen molar-refractivity contribution in [2.45, 2.75) is 13.0 Å². The number of amides is 1. The zero-order valence-corrected chi connectivity index (χ0v) is 15.9. The Morgan fingerprint density at radius 1 is 1.18 bits per heavy atom. The van der Waals surface area contributed by atoms with E-state index in [4.69, 9.17) is 16.3 Å². The summed E-state index contributed by atoms with van der Waals surface area (Å²) >= 11 is 6.10. The van der Waals surface area contributed by atoms with Gasteiger partial charge in [-0.1, -0.05) is 29.8 Å². The summed E-state index contributed by atoms with van der Waals surface area (Å²) in [6, 6.07) is 14.7. The minimum atomic E-state index is -0.00269. The van der Waals surface area contributed by atoms with E-state index in [9.17, 15) is 9.90 Å². The Kier molecular flexibility index (Phi) is 5.17. The lowest BCUT2D eigenvalue weighted by Gasteiger charge is -2.20. The van der Waals surface area contributed by atoms with E-state index in [2.05, 4.69) is 4.98 Å². The summed E-state index contributed by atoms with van der Waals surface area (Å²) < 4.78 is 5.74. The van der Waals surface area contributed by atoms with Crippen molar-refractivity contribution in [3.05, 3.63) is 77.1 Å². The molecule has 5 nitrogen and oxygen atoms in total. The number of fused-ring (bicyclic) bond motifs is 1. The summed E-state index contributed by atoms with van der Waals surface area (Å²) in [7, 11) is 0. The number of carbonyl (C=O) groups is 1. The van der Waals surface area contributed by atoms with Gasteiger partial charge in [0.1, 0.15) is 6.61 Å². The zero-order valence-electron chi connectivity index (χ0n) is 15.1. The Bertz CT molecular complexity index is 1010. The van der Waals surface area contributed by atoms with E-state index in [1.54, 1.807) is 29.4 Å². The Hall–Kier alpha value is -3.05. The van der Waals surface area contributed by atoms with Gasteiger partial charge in [-0.05, 0) is 47.0 Å². The standard InChI is InChI=1S/C22H19ClN2O3/c23-19-5-1-4-16(11-19)17-10-18-14-25(7-8-28-22(18)20(26)12-17)21(27)9-15-3-2-6-24-13-15/h1-6,10-13,26H,7-9,14H2. The average molecular weight is 395 g/mol. The van der Waals surface area contributed by atoms with Crippen molar-refractivity contribution in [1.82, 2.24) is 9.88 Å². The van der Waals surface area contributed by atoms with Gasteiger partial charge in [-0.2, -0.15) is 0 Å². The van der Waals surface area contributed by atoms with E-state index in [-0.39, 0.29) is 18.1 Å². The van der Waals surface area contributed by atoms with E-state index in [1.165, 1.54) is 0 Å². The highest BCUT2D eigenvalue weighted by Gasteiger charge is 2.23. The number of aromatic hydroxyl groups is 1. The molecule has 28 heavy (non-hydrogen) atoms. The highest BCUT2D eigenvalue weighted by Crippen LogP contribution is 2.38. The SMILES string of the molecule is O=C(Cc1cccnc1)N1CCOc2c(O)cc(-c3cccc(Cl)c3)cc2C1. The normalized spacial score (nSPS) is 13.4. The van der Waals surface area contributed by atoms with Crippen LogP contribution in [-0.4, -0.2) is 34.0 Å². The molecule has 2 aromatic carbocycles. The minimum absolute atomic E-state index is 0.00269. The summed E-state index contributed by atoms with van der Waals surface area (Å²) in [6.07, 6.45) is 3.66. The quantitative estimate of drug-likeness (QED) is 0.727. The van der Waals surface area contributed by atoms with Gasteiger partial charge in [0.05, 0.1) is 13.0 Å². The molecule has 4 rings (SSSR count). The summed E-state index contributed by atoms with van der Waals surface area (Å²) in [6.45, 7) is 1.16. The summed E-state index contributed by atoms with van der Waals surface area (Å²) in [5.74, 6) is 0.494. The van der Waals surface area contributed by atoms with E-state index >= 15 is 0 Å². The lowest BCUT2D eigenvalue weighted by atomic mass is 10.0. The van der Waals surface area contributed by atoms with Crippen LogP contribution >= 0.6 is 11.6 Å². The molecule has 0 radical (unpaired) electrons. The molecule has 0 bridgehead atoms. The van der Waals surface area contributed by atoms with Gasteiger partial charge in [-0.15, -0.1) is 0 Å². The number of benzene rings is 2. The van der Waals surface area contributed by atoms with Crippen molar-refractivity contribution < 1.29 is 14.6 Å². The van der Waals surface area contributed by atoms with E-state index in [0.29, 0.717) is 30.5 Å². The van der Waals surface area contributed by atoms with Gasteiger partial charge >= 0.3 is 0 Å². The number of rotatable bonds is 3. The third-order valence-electron chi connectivity index (χ3n) is 4.70. The Morgan fingerprint density at radius 3 is 2.86 bits per heavy atom. The van der Waals surface area contributed by atoms with E-state index in [0.717, 1.165) is 22.3 Å². The molecule has 1 aromatic heterocycles. The van der Waals surface area contributed by atoms with Crippen molar-refractivity contribution >= 4 is 17.5 Å². The fourth-order valence-electron chi connectivity index (χ4n) is 3.34. The summed E-state index contributed by atoms with van der Waals surface area (Å²) in [4.78, 5) is 18.6. The van der Waals surface area contributed by atoms with Crippen LogP contribution in [-0.2, 0) is 17.8 Å². The molecule has 0 atom stereocenters. The van der Waals surface area contributed by atoms with Crippen molar-refractivity contribution in [3.63, 3.8) is 0 Å². The van der Waals surface area contributed by atoms with E-state index < -0.39 is 0 Å². The molecule has 142 valence electrons. The number of halogens is 1. The number of carbonyl (C=O) groups excluding carboxylic acids is 1. The summed E-state index contributed by atoms with van der Waals surface area (Å²) in [5.41, 5.74) is 3.35. The van der Waals surface area contributed by atoms with Gasteiger partial charge in [0.15, 0.2) is 11.5 Å².